The lowest BCUT2D eigenvalue weighted by atomic mass is 10.2. The van der Waals surface area contributed by atoms with Gasteiger partial charge in [0.15, 0.2) is 0 Å². The zero-order valence-corrected chi connectivity index (χ0v) is 14.0. The molecule has 0 heterocycles. The van der Waals surface area contributed by atoms with Gasteiger partial charge in [-0.3, -0.25) is 4.79 Å². The van der Waals surface area contributed by atoms with E-state index >= 15 is 0 Å². The molecular formula is C13H15BrClNO3S. The number of hydrogen-bond donors (Lipinski definition) is 2. The third-order valence-corrected chi connectivity index (χ3v) is 4.38. The molecule has 0 saturated heterocycles. The molecular weight excluding hydrogens is 366 g/mol. The summed E-state index contributed by atoms with van der Waals surface area (Å²) in [6.45, 7) is 1.31. The second-order valence-corrected chi connectivity index (χ2v) is 6.60. The van der Waals surface area contributed by atoms with E-state index in [9.17, 15) is 9.59 Å². The maximum atomic E-state index is 10.9. The molecule has 1 rings (SSSR count). The van der Waals surface area contributed by atoms with Gasteiger partial charge in [0.05, 0.1) is 0 Å². The average Bonchev–Trinajstić information content (AvgIpc) is 2.34. The first-order valence-electron chi connectivity index (χ1n) is 5.91. The van der Waals surface area contributed by atoms with Gasteiger partial charge in [-0.15, -0.1) is 0 Å². The molecule has 20 heavy (non-hydrogen) atoms. The van der Waals surface area contributed by atoms with Gasteiger partial charge in [0.25, 0.3) is 0 Å². The summed E-state index contributed by atoms with van der Waals surface area (Å²) in [5, 5.41) is 12.1. The molecule has 7 heteroatoms. The van der Waals surface area contributed by atoms with Crippen molar-refractivity contribution in [2.24, 2.45) is 0 Å². The normalized spacial score (nSPS) is 11.9. The van der Waals surface area contributed by atoms with Gasteiger partial charge in [-0.1, -0.05) is 33.6 Å². The third kappa shape index (κ3) is 6.15. The highest BCUT2D eigenvalue weighted by Crippen LogP contribution is 2.25. The second-order valence-electron chi connectivity index (χ2n) is 4.17. The van der Waals surface area contributed by atoms with E-state index in [2.05, 4.69) is 21.2 Å². The number of thioether (sulfide) groups is 1. The van der Waals surface area contributed by atoms with Crippen LogP contribution in [0.5, 0.6) is 0 Å². The van der Waals surface area contributed by atoms with Crippen molar-refractivity contribution in [3.63, 3.8) is 0 Å². The Labute approximate surface area is 135 Å². The van der Waals surface area contributed by atoms with Crippen LogP contribution in [0.2, 0.25) is 5.02 Å². The number of carboxylic acids is 1. The molecule has 1 unspecified atom stereocenters. The average molecular weight is 381 g/mol. The summed E-state index contributed by atoms with van der Waals surface area (Å²) in [7, 11) is 0. The summed E-state index contributed by atoms with van der Waals surface area (Å²) in [4.78, 5) is 21.8. The van der Waals surface area contributed by atoms with Crippen LogP contribution in [0.25, 0.3) is 0 Å². The van der Waals surface area contributed by atoms with Crippen LogP contribution in [-0.2, 0) is 15.3 Å². The molecule has 0 fully saturated rings. The number of carboxylic acid groups (broad SMARTS) is 1. The van der Waals surface area contributed by atoms with Crippen molar-refractivity contribution in [1.29, 1.82) is 0 Å². The molecule has 0 aromatic heterocycles. The lowest BCUT2D eigenvalue weighted by molar-refractivity contribution is -0.141. The summed E-state index contributed by atoms with van der Waals surface area (Å²) in [6, 6.07) is 4.84. The molecule has 0 aliphatic carbocycles. The molecule has 0 spiro atoms. The van der Waals surface area contributed by atoms with Gasteiger partial charge in [-0.05, 0) is 29.9 Å². The predicted molar refractivity (Wildman–Crippen MR) is 85.2 cm³/mol. The van der Waals surface area contributed by atoms with Crippen molar-refractivity contribution in [1.82, 2.24) is 5.32 Å². The minimum absolute atomic E-state index is 0.335. The maximum absolute atomic E-state index is 10.9. The Morgan fingerprint density at radius 3 is 2.75 bits per heavy atom. The van der Waals surface area contributed by atoms with Gasteiger partial charge >= 0.3 is 5.97 Å². The fourth-order valence-electron chi connectivity index (χ4n) is 1.52. The topological polar surface area (TPSA) is 66.4 Å². The summed E-state index contributed by atoms with van der Waals surface area (Å²) >= 11 is 11.0. The first-order chi connectivity index (χ1) is 9.40. The molecule has 0 aliphatic rings. The molecule has 4 nitrogen and oxygen atoms in total. The van der Waals surface area contributed by atoms with Gasteiger partial charge < -0.3 is 10.4 Å². The SMILES string of the molecule is CC(=O)NC(CCSCc1ccc(Br)cc1Cl)C(=O)O. The Balaban J connectivity index is 2.40. The van der Waals surface area contributed by atoms with E-state index in [1.54, 1.807) is 11.8 Å². The zero-order valence-electron chi connectivity index (χ0n) is 10.9. The second kappa shape index (κ2) is 8.54. The van der Waals surface area contributed by atoms with E-state index in [1.165, 1.54) is 6.92 Å². The Kier molecular flexibility index (Phi) is 7.40. The molecule has 1 amide bonds. The van der Waals surface area contributed by atoms with Gasteiger partial charge in [0, 0.05) is 22.2 Å². The first-order valence-corrected chi connectivity index (χ1v) is 8.24. The summed E-state index contributed by atoms with van der Waals surface area (Å²) in [5.74, 6) is -0.0110. The van der Waals surface area contributed by atoms with Crippen molar-refractivity contribution in [2.75, 3.05) is 5.75 Å². The number of nitrogens with one attached hydrogen (secondary N) is 1. The number of amides is 1. The van der Waals surface area contributed by atoms with Crippen LogP contribution in [0.15, 0.2) is 22.7 Å². The van der Waals surface area contributed by atoms with E-state index in [4.69, 9.17) is 16.7 Å². The van der Waals surface area contributed by atoms with Crippen molar-refractivity contribution < 1.29 is 14.7 Å². The van der Waals surface area contributed by atoms with Crippen LogP contribution < -0.4 is 5.32 Å². The van der Waals surface area contributed by atoms with Crippen molar-refractivity contribution in [3.05, 3.63) is 33.3 Å². The number of carbonyl (C=O) groups excluding carboxylic acids is 1. The number of hydrogen-bond acceptors (Lipinski definition) is 3. The van der Waals surface area contributed by atoms with Crippen LogP contribution in [-0.4, -0.2) is 28.8 Å². The molecule has 1 aromatic carbocycles. The maximum Gasteiger partial charge on any atom is 0.326 e. The minimum atomic E-state index is -1.01. The van der Waals surface area contributed by atoms with Crippen LogP contribution in [0.1, 0.15) is 18.9 Å². The lowest BCUT2D eigenvalue weighted by Gasteiger charge is -2.12. The van der Waals surface area contributed by atoms with Gasteiger partial charge in [0.1, 0.15) is 6.04 Å². The largest absolute Gasteiger partial charge is 0.480 e. The molecule has 2 N–H and O–H groups in total. The van der Waals surface area contributed by atoms with E-state index in [0.29, 0.717) is 22.9 Å². The Morgan fingerprint density at radius 2 is 2.20 bits per heavy atom. The number of rotatable bonds is 7. The highest BCUT2D eigenvalue weighted by Gasteiger charge is 2.17. The van der Waals surface area contributed by atoms with E-state index < -0.39 is 12.0 Å². The number of benzene rings is 1. The minimum Gasteiger partial charge on any atom is -0.480 e. The summed E-state index contributed by atoms with van der Waals surface area (Å²) in [6.07, 6.45) is 0.383. The number of halogens is 2. The Bertz CT molecular complexity index is 499. The number of carbonyl (C=O) groups is 2. The highest BCUT2D eigenvalue weighted by molar-refractivity contribution is 9.10. The van der Waals surface area contributed by atoms with Crippen LogP contribution in [0, 0.1) is 0 Å². The fraction of sp³-hybridized carbons (Fsp3) is 0.385. The highest BCUT2D eigenvalue weighted by atomic mass is 79.9. The van der Waals surface area contributed by atoms with E-state index in [-0.39, 0.29) is 5.91 Å². The Hall–Kier alpha value is -0.720. The fourth-order valence-corrected chi connectivity index (χ4v) is 3.36. The summed E-state index contributed by atoms with van der Waals surface area (Å²) in [5.41, 5.74) is 1.01. The van der Waals surface area contributed by atoms with Gasteiger partial charge in [0.2, 0.25) is 5.91 Å². The van der Waals surface area contributed by atoms with Crippen LogP contribution in [0.4, 0.5) is 0 Å². The smallest absolute Gasteiger partial charge is 0.326 e. The van der Waals surface area contributed by atoms with Crippen LogP contribution >= 0.6 is 39.3 Å². The van der Waals surface area contributed by atoms with E-state index in [1.807, 2.05) is 18.2 Å². The molecule has 110 valence electrons. The van der Waals surface area contributed by atoms with E-state index in [0.717, 1.165) is 10.0 Å². The molecule has 0 saturated carbocycles. The van der Waals surface area contributed by atoms with Gasteiger partial charge in [-0.25, -0.2) is 4.79 Å². The molecule has 1 aromatic rings. The monoisotopic (exact) mass is 379 g/mol. The molecule has 1 atom stereocenters. The van der Waals surface area contributed by atoms with Gasteiger partial charge in [-0.2, -0.15) is 11.8 Å². The quantitative estimate of drug-likeness (QED) is 0.712. The zero-order chi connectivity index (χ0) is 15.1. The molecule has 0 aliphatic heterocycles. The standard InChI is InChI=1S/C13H15BrClNO3S/c1-8(17)16-12(13(18)19)4-5-20-7-9-2-3-10(14)6-11(9)15/h2-3,6,12H,4-5,7H2,1H3,(H,16,17)(H,18,19). The third-order valence-electron chi connectivity index (χ3n) is 2.50. The predicted octanol–water partition coefficient (Wildman–Crippen LogP) is 3.32. The number of aliphatic carboxylic acids is 1. The Morgan fingerprint density at radius 1 is 1.50 bits per heavy atom. The van der Waals surface area contributed by atoms with Crippen molar-refractivity contribution >= 4 is 51.2 Å². The molecule has 0 bridgehead atoms. The van der Waals surface area contributed by atoms with Crippen molar-refractivity contribution in [3.8, 4) is 0 Å². The summed E-state index contributed by atoms with van der Waals surface area (Å²) < 4.78 is 0.924. The van der Waals surface area contributed by atoms with Crippen molar-refractivity contribution in [2.45, 2.75) is 25.1 Å². The lowest BCUT2D eigenvalue weighted by Crippen LogP contribution is -2.39. The van der Waals surface area contributed by atoms with Crippen LogP contribution in [0.3, 0.4) is 0 Å². The molecule has 0 radical (unpaired) electrons. The first kappa shape index (κ1) is 17.3.